The van der Waals surface area contributed by atoms with Crippen molar-refractivity contribution in [3.05, 3.63) is 48.2 Å². The molecule has 0 spiro atoms. The van der Waals surface area contributed by atoms with E-state index >= 15 is 0 Å². The molecule has 1 aromatic heterocycles. The molecule has 0 fully saturated rings. The molecule has 0 saturated heterocycles. The molecule has 0 aliphatic heterocycles. The second-order valence-electron chi connectivity index (χ2n) is 3.86. The Morgan fingerprint density at radius 1 is 1.22 bits per heavy atom. The molecule has 1 unspecified atom stereocenters. The van der Waals surface area contributed by atoms with Gasteiger partial charge in [0, 0.05) is 18.5 Å². The summed E-state index contributed by atoms with van der Waals surface area (Å²) in [6.45, 7) is 2.08. The van der Waals surface area contributed by atoms with Gasteiger partial charge in [-0.05, 0) is 24.1 Å². The molecule has 1 heterocycles. The fourth-order valence-electron chi connectivity index (χ4n) is 1.57. The van der Waals surface area contributed by atoms with E-state index in [1.165, 1.54) is 0 Å². The molecule has 4 heteroatoms. The van der Waals surface area contributed by atoms with Crippen molar-refractivity contribution in [2.45, 2.75) is 18.2 Å². The molecule has 0 saturated carbocycles. The number of pyridine rings is 1. The summed E-state index contributed by atoms with van der Waals surface area (Å²) in [6.07, 6.45) is 4.37. The van der Waals surface area contributed by atoms with E-state index in [4.69, 9.17) is 4.74 Å². The molecule has 0 aliphatic carbocycles. The lowest BCUT2D eigenvalue weighted by molar-refractivity contribution is 0.451. The average Bonchev–Trinajstić information content (AvgIpc) is 2.40. The van der Waals surface area contributed by atoms with Gasteiger partial charge in [0.2, 0.25) is 5.88 Å². The number of aromatic nitrogens is 1. The average molecular weight is 261 g/mol. The Morgan fingerprint density at radius 3 is 2.61 bits per heavy atom. The molecule has 18 heavy (non-hydrogen) atoms. The lowest BCUT2D eigenvalue weighted by Crippen LogP contribution is -1.95. The Morgan fingerprint density at radius 2 is 2.00 bits per heavy atom. The largest absolute Gasteiger partial charge is 0.438 e. The number of ether oxygens (including phenoxy) is 1. The summed E-state index contributed by atoms with van der Waals surface area (Å²) in [4.78, 5) is 4.90. The first-order valence-electron chi connectivity index (χ1n) is 5.76. The van der Waals surface area contributed by atoms with Gasteiger partial charge in [-0.1, -0.05) is 25.1 Å². The van der Waals surface area contributed by atoms with E-state index in [0.717, 1.165) is 12.0 Å². The van der Waals surface area contributed by atoms with Crippen LogP contribution >= 0.6 is 0 Å². The van der Waals surface area contributed by atoms with Gasteiger partial charge in [-0.25, -0.2) is 4.98 Å². The number of rotatable bonds is 4. The summed E-state index contributed by atoms with van der Waals surface area (Å²) in [7, 11) is -1.07. The SMILES string of the molecule is CCc1ccc(Oc2ccccc2S(C)=O)nc1. The highest BCUT2D eigenvalue weighted by molar-refractivity contribution is 7.84. The van der Waals surface area contributed by atoms with E-state index in [1.54, 1.807) is 24.6 Å². The van der Waals surface area contributed by atoms with E-state index in [9.17, 15) is 4.21 Å². The summed E-state index contributed by atoms with van der Waals surface area (Å²) in [5.41, 5.74) is 1.16. The molecule has 3 nitrogen and oxygen atoms in total. The molecule has 2 aromatic rings. The first-order chi connectivity index (χ1) is 8.70. The third-order valence-corrected chi connectivity index (χ3v) is 3.54. The molecule has 94 valence electrons. The maximum absolute atomic E-state index is 11.6. The molecule has 0 bridgehead atoms. The van der Waals surface area contributed by atoms with Crippen LogP contribution in [0.15, 0.2) is 47.5 Å². The quantitative estimate of drug-likeness (QED) is 0.848. The van der Waals surface area contributed by atoms with Gasteiger partial charge in [0.25, 0.3) is 0 Å². The summed E-state index contributed by atoms with van der Waals surface area (Å²) >= 11 is 0. The van der Waals surface area contributed by atoms with Crippen LogP contribution in [0.4, 0.5) is 0 Å². The summed E-state index contributed by atoms with van der Waals surface area (Å²) in [6, 6.07) is 11.1. The molecule has 1 aromatic carbocycles. The van der Waals surface area contributed by atoms with E-state index < -0.39 is 10.8 Å². The van der Waals surface area contributed by atoms with Crippen molar-refractivity contribution >= 4 is 10.8 Å². The first kappa shape index (κ1) is 12.8. The number of benzene rings is 1. The van der Waals surface area contributed by atoms with Gasteiger partial charge >= 0.3 is 0 Å². The Kier molecular flexibility index (Phi) is 4.10. The minimum absolute atomic E-state index is 0.519. The van der Waals surface area contributed by atoms with Crippen LogP contribution in [0.2, 0.25) is 0 Å². The van der Waals surface area contributed by atoms with Gasteiger partial charge in [-0.3, -0.25) is 4.21 Å². The monoisotopic (exact) mass is 261 g/mol. The molecule has 2 rings (SSSR count). The molecular weight excluding hydrogens is 246 g/mol. The molecule has 0 amide bonds. The van der Waals surface area contributed by atoms with Crippen molar-refractivity contribution in [3.63, 3.8) is 0 Å². The fourth-order valence-corrected chi connectivity index (χ4v) is 2.23. The highest BCUT2D eigenvalue weighted by Gasteiger charge is 2.07. The van der Waals surface area contributed by atoms with Gasteiger partial charge in [0.1, 0.15) is 5.75 Å². The molecule has 1 atom stereocenters. The highest BCUT2D eigenvalue weighted by atomic mass is 32.2. The van der Waals surface area contributed by atoms with Gasteiger partial charge in [0.05, 0.1) is 15.7 Å². The van der Waals surface area contributed by atoms with E-state index in [1.807, 2.05) is 24.3 Å². The van der Waals surface area contributed by atoms with Crippen molar-refractivity contribution in [3.8, 4) is 11.6 Å². The topological polar surface area (TPSA) is 39.2 Å². The van der Waals surface area contributed by atoms with Crippen LogP contribution in [-0.4, -0.2) is 15.4 Å². The maximum Gasteiger partial charge on any atom is 0.219 e. The second-order valence-corrected chi connectivity index (χ2v) is 5.21. The van der Waals surface area contributed by atoms with Crippen molar-refractivity contribution < 1.29 is 8.95 Å². The Labute approximate surface area is 109 Å². The first-order valence-corrected chi connectivity index (χ1v) is 7.31. The number of nitrogens with zero attached hydrogens (tertiary/aromatic N) is 1. The van der Waals surface area contributed by atoms with Gasteiger partial charge in [-0.2, -0.15) is 0 Å². The third kappa shape index (κ3) is 2.96. The van der Waals surface area contributed by atoms with Crippen molar-refractivity contribution in [2.24, 2.45) is 0 Å². The van der Waals surface area contributed by atoms with Crippen LogP contribution in [0, 0.1) is 0 Å². The van der Waals surface area contributed by atoms with E-state index in [2.05, 4.69) is 11.9 Å². The van der Waals surface area contributed by atoms with Crippen LogP contribution in [0.1, 0.15) is 12.5 Å². The summed E-state index contributed by atoms with van der Waals surface area (Å²) in [5, 5.41) is 0. The molecule has 0 radical (unpaired) electrons. The van der Waals surface area contributed by atoms with Crippen LogP contribution in [0.5, 0.6) is 11.6 Å². The molecule has 0 N–H and O–H groups in total. The fraction of sp³-hybridized carbons (Fsp3) is 0.214. The van der Waals surface area contributed by atoms with E-state index in [0.29, 0.717) is 16.5 Å². The Hall–Kier alpha value is -1.68. The van der Waals surface area contributed by atoms with Crippen LogP contribution in [0.3, 0.4) is 0 Å². The number of hydrogen-bond donors (Lipinski definition) is 0. The number of para-hydroxylation sites is 1. The van der Waals surface area contributed by atoms with Crippen molar-refractivity contribution in [2.75, 3.05) is 6.26 Å². The zero-order valence-electron chi connectivity index (χ0n) is 10.4. The lowest BCUT2D eigenvalue weighted by atomic mass is 10.2. The zero-order valence-corrected chi connectivity index (χ0v) is 11.2. The molecular formula is C14H15NO2S. The van der Waals surface area contributed by atoms with E-state index in [-0.39, 0.29) is 0 Å². The maximum atomic E-state index is 11.6. The number of hydrogen-bond acceptors (Lipinski definition) is 3. The Bertz CT molecular complexity index is 552. The summed E-state index contributed by atoms with van der Waals surface area (Å²) < 4.78 is 17.2. The van der Waals surface area contributed by atoms with Crippen molar-refractivity contribution in [1.29, 1.82) is 0 Å². The minimum Gasteiger partial charge on any atom is -0.438 e. The van der Waals surface area contributed by atoms with Gasteiger partial charge < -0.3 is 4.74 Å². The summed E-state index contributed by atoms with van der Waals surface area (Å²) in [5.74, 6) is 1.11. The normalized spacial score (nSPS) is 12.1. The van der Waals surface area contributed by atoms with Crippen LogP contribution < -0.4 is 4.74 Å². The lowest BCUT2D eigenvalue weighted by Gasteiger charge is -2.08. The van der Waals surface area contributed by atoms with Gasteiger partial charge in [-0.15, -0.1) is 0 Å². The standard InChI is InChI=1S/C14H15NO2S/c1-3-11-8-9-14(15-10-11)17-12-6-4-5-7-13(12)18(2)16/h4-10H,3H2,1-2H3. The van der Waals surface area contributed by atoms with Crippen molar-refractivity contribution in [1.82, 2.24) is 4.98 Å². The predicted octanol–water partition coefficient (Wildman–Crippen LogP) is 3.17. The highest BCUT2D eigenvalue weighted by Crippen LogP contribution is 2.25. The Balaban J connectivity index is 2.25. The van der Waals surface area contributed by atoms with Gasteiger partial charge in [0.15, 0.2) is 0 Å². The third-order valence-electron chi connectivity index (χ3n) is 2.58. The minimum atomic E-state index is -1.07. The zero-order chi connectivity index (χ0) is 13.0. The second kappa shape index (κ2) is 5.78. The van der Waals surface area contributed by atoms with Crippen LogP contribution in [-0.2, 0) is 17.2 Å². The molecule has 0 aliphatic rings. The van der Waals surface area contributed by atoms with Crippen LogP contribution in [0.25, 0.3) is 0 Å². The predicted molar refractivity (Wildman–Crippen MR) is 72.5 cm³/mol. The number of aryl methyl sites for hydroxylation is 1. The smallest absolute Gasteiger partial charge is 0.219 e.